The van der Waals surface area contributed by atoms with Gasteiger partial charge in [-0.25, -0.2) is 9.59 Å². The molecule has 0 radical (unpaired) electrons. The van der Waals surface area contributed by atoms with Crippen molar-refractivity contribution in [1.82, 2.24) is 10.6 Å². The zero-order valence-corrected chi connectivity index (χ0v) is 24.6. The molecule has 0 aliphatic rings. The van der Waals surface area contributed by atoms with Gasteiger partial charge in [0.1, 0.15) is 18.2 Å². The molecule has 0 unspecified atom stereocenters. The van der Waals surface area contributed by atoms with Crippen LogP contribution in [0.2, 0.25) is 0 Å². The number of hydrogen-bond donors (Lipinski definition) is 5. The van der Waals surface area contributed by atoms with Crippen molar-refractivity contribution in [3.05, 3.63) is 118 Å². The van der Waals surface area contributed by atoms with E-state index in [1.165, 1.54) is 0 Å². The number of carbonyl (C=O) groups is 3. The molecule has 0 bridgehead atoms. The minimum atomic E-state index is -1.12. The lowest BCUT2D eigenvalue weighted by Crippen LogP contribution is -2.52. The SMILES string of the molecule is NCc1c(C(=O)[C@H](CCCN=C(N)N)NC(=O)[C@H](Cc2ccccc2)NC(=O)OCc2ccccc2)c2ccccc2oc1=O. The second kappa shape index (κ2) is 15.8. The second-order valence-corrected chi connectivity index (χ2v) is 10.3. The minimum Gasteiger partial charge on any atom is -0.445 e. The van der Waals surface area contributed by atoms with E-state index in [9.17, 15) is 19.2 Å². The quantitative estimate of drug-likeness (QED) is 0.0466. The third-order valence-corrected chi connectivity index (χ3v) is 7.04. The topological polar surface area (TPSA) is 205 Å². The lowest BCUT2D eigenvalue weighted by molar-refractivity contribution is -0.123. The van der Waals surface area contributed by atoms with Gasteiger partial charge in [0, 0.05) is 30.5 Å². The Morgan fingerprint density at radius 1 is 0.844 bits per heavy atom. The fraction of sp³-hybridized carbons (Fsp3) is 0.242. The molecule has 12 heteroatoms. The Labute approximate surface area is 259 Å². The number of guanidine groups is 1. The highest BCUT2D eigenvalue weighted by molar-refractivity contribution is 6.11. The number of nitrogens with zero attached hydrogens (tertiary/aromatic N) is 1. The van der Waals surface area contributed by atoms with Crippen molar-refractivity contribution >= 4 is 34.7 Å². The van der Waals surface area contributed by atoms with E-state index in [0.717, 1.165) is 11.1 Å². The number of nitrogens with two attached hydrogens (primary N) is 3. The summed E-state index contributed by atoms with van der Waals surface area (Å²) in [6.45, 7) is -0.0565. The third kappa shape index (κ3) is 9.00. The predicted molar refractivity (Wildman–Crippen MR) is 170 cm³/mol. The molecule has 1 heterocycles. The molecule has 1 aromatic heterocycles. The number of nitrogens with one attached hydrogen (secondary N) is 2. The van der Waals surface area contributed by atoms with Crippen LogP contribution in [-0.4, -0.2) is 42.4 Å². The maximum absolute atomic E-state index is 14.2. The van der Waals surface area contributed by atoms with E-state index in [2.05, 4.69) is 15.6 Å². The van der Waals surface area contributed by atoms with Gasteiger partial charge in [0.25, 0.3) is 0 Å². The molecule has 4 rings (SSSR count). The van der Waals surface area contributed by atoms with Crippen LogP contribution >= 0.6 is 0 Å². The number of alkyl carbamates (subject to hydrolysis) is 1. The molecule has 0 fully saturated rings. The van der Waals surface area contributed by atoms with Crippen LogP contribution in [0.1, 0.15) is 39.9 Å². The number of hydrogen-bond acceptors (Lipinski definition) is 8. The van der Waals surface area contributed by atoms with Crippen molar-refractivity contribution < 1.29 is 23.5 Å². The van der Waals surface area contributed by atoms with Crippen LogP contribution in [0, 0.1) is 0 Å². The van der Waals surface area contributed by atoms with Gasteiger partial charge in [-0.1, -0.05) is 78.9 Å². The van der Waals surface area contributed by atoms with Crippen molar-refractivity contribution in [3.63, 3.8) is 0 Å². The van der Waals surface area contributed by atoms with E-state index in [1.807, 2.05) is 60.7 Å². The number of carbonyl (C=O) groups excluding carboxylic acids is 3. The maximum atomic E-state index is 14.2. The lowest BCUT2D eigenvalue weighted by atomic mass is 9.93. The normalized spacial score (nSPS) is 12.1. The highest BCUT2D eigenvalue weighted by atomic mass is 16.5. The van der Waals surface area contributed by atoms with Crippen molar-refractivity contribution in [3.8, 4) is 0 Å². The summed E-state index contributed by atoms with van der Waals surface area (Å²) in [5.74, 6) is -1.28. The van der Waals surface area contributed by atoms with Crippen LogP contribution in [0.3, 0.4) is 0 Å². The lowest BCUT2D eigenvalue weighted by Gasteiger charge is -2.24. The standard InChI is InChI=1S/C33H36N6O6/c34-19-24-28(23-14-7-8-16-27(23)45-31(24)42)29(40)25(15-9-17-37-32(35)36)38-30(41)26(18-21-10-3-1-4-11-21)39-33(43)44-20-22-12-5-2-6-13-22/h1-8,10-14,16,25-26H,9,15,17-20,34H2,(H,38,41)(H,39,43)(H4,35,36,37)/t25-,26-/m0/s1. The zero-order chi connectivity index (χ0) is 32.2. The van der Waals surface area contributed by atoms with Crippen molar-refractivity contribution in [2.75, 3.05) is 6.54 Å². The summed E-state index contributed by atoms with van der Waals surface area (Å²) in [5, 5.41) is 5.82. The molecule has 0 saturated carbocycles. The molecule has 0 saturated heterocycles. The van der Waals surface area contributed by atoms with Crippen LogP contribution < -0.4 is 33.5 Å². The maximum Gasteiger partial charge on any atom is 0.408 e. The molecule has 12 nitrogen and oxygen atoms in total. The molecular formula is C33H36N6O6. The fourth-order valence-corrected chi connectivity index (χ4v) is 4.84. The van der Waals surface area contributed by atoms with E-state index in [4.69, 9.17) is 26.4 Å². The van der Waals surface area contributed by atoms with E-state index in [1.54, 1.807) is 24.3 Å². The summed E-state index contributed by atoms with van der Waals surface area (Å²) in [6, 6.07) is 22.6. The fourth-order valence-electron chi connectivity index (χ4n) is 4.84. The average molecular weight is 613 g/mol. The molecule has 0 spiro atoms. The molecule has 3 aromatic carbocycles. The first kappa shape index (κ1) is 32.4. The number of ketones is 1. The van der Waals surface area contributed by atoms with Crippen molar-refractivity contribution in [1.29, 1.82) is 0 Å². The van der Waals surface area contributed by atoms with Crippen LogP contribution in [0.4, 0.5) is 4.79 Å². The third-order valence-electron chi connectivity index (χ3n) is 7.04. The Kier molecular flexibility index (Phi) is 11.4. The molecule has 2 atom stereocenters. The molecule has 0 aliphatic carbocycles. The smallest absolute Gasteiger partial charge is 0.408 e. The number of para-hydroxylation sites is 1. The predicted octanol–water partition coefficient (Wildman–Crippen LogP) is 2.51. The summed E-state index contributed by atoms with van der Waals surface area (Å²) in [5.41, 5.74) is 17.9. The van der Waals surface area contributed by atoms with E-state index in [0.29, 0.717) is 11.8 Å². The van der Waals surface area contributed by atoms with E-state index >= 15 is 0 Å². The zero-order valence-electron chi connectivity index (χ0n) is 24.6. The average Bonchev–Trinajstić information content (AvgIpc) is 3.04. The first-order valence-corrected chi connectivity index (χ1v) is 14.4. The largest absolute Gasteiger partial charge is 0.445 e. The summed E-state index contributed by atoms with van der Waals surface area (Å²) in [4.78, 5) is 57.6. The van der Waals surface area contributed by atoms with E-state index in [-0.39, 0.29) is 55.2 Å². The van der Waals surface area contributed by atoms with Crippen molar-refractivity contribution in [2.45, 2.75) is 44.5 Å². The van der Waals surface area contributed by atoms with Gasteiger partial charge >= 0.3 is 11.7 Å². The Bertz CT molecular complexity index is 1700. The Morgan fingerprint density at radius 3 is 2.16 bits per heavy atom. The summed E-state index contributed by atoms with van der Waals surface area (Å²) in [6.07, 6.45) is -0.241. The van der Waals surface area contributed by atoms with Crippen LogP contribution in [0.15, 0.2) is 99.1 Å². The Hall–Kier alpha value is -5.49. The minimum absolute atomic E-state index is 0.00375. The van der Waals surface area contributed by atoms with Crippen molar-refractivity contribution in [2.24, 2.45) is 22.2 Å². The van der Waals surface area contributed by atoms with Gasteiger partial charge in [-0.05, 0) is 30.0 Å². The molecule has 8 N–H and O–H groups in total. The Morgan fingerprint density at radius 2 is 1.49 bits per heavy atom. The summed E-state index contributed by atoms with van der Waals surface area (Å²) in [7, 11) is 0. The number of benzene rings is 3. The number of ether oxygens (including phenoxy) is 1. The van der Waals surface area contributed by atoms with Gasteiger partial charge < -0.3 is 37.0 Å². The highest BCUT2D eigenvalue weighted by Crippen LogP contribution is 2.23. The molecule has 2 amide bonds. The first-order valence-electron chi connectivity index (χ1n) is 14.4. The monoisotopic (exact) mass is 612 g/mol. The van der Waals surface area contributed by atoms with Gasteiger partial charge in [-0.15, -0.1) is 0 Å². The number of aliphatic imine (C=N–C) groups is 1. The number of amides is 2. The van der Waals surface area contributed by atoms with Crippen LogP contribution in [0.5, 0.6) is 0 Å². The van der Waals surface area contributed by atoms with Gasteiger partial charge in [-0.3, -0.25) is 14.6 Å². The van der Waals surface area contributed by atoms with Crippen LogP contribution in [-0.2, 0) is 29.1 Å². The Balaban J connectivity index is 1.62. The summed E-state index contributed by atoms with van der Waals surface area (Å²) >= 11 is 0. The van der Waals surface area contributed by atoms with Crippen LogP contribution in [0.25, 0.3) is 11.0 Å². The molecule has 4 aromatic rings. The highest BCUT2D eigenvalue weighted by Gasteiger charge is 2.31. The molecule has 0 aliphatic heterocycles. The summed E-state index contributed by atoms with van der Waals surface area (Å²) < 4.78 is 10.7. The van der Waals surface area contributed by atoms with E-state index < -0.39 is 35.5 Å². The molecular weight excluding hydrogens is 576 g/mol. The van der Waals surface area contributed by atoms with Gasteiger partial charge in [-0.2, -0.15) is 0 Å². The first-order chi connectivity index (χ1) is 21.8. The number of rotatable bonds is 14. The second-order valence-electron chi connectivity index (χ2n) is 10.3. The number of fused-ring (bicyclic) bond motifs is 1. The molecule has 234 valence electrons. The number of Topliss-reactive ketones (excluding diaryl/α,β-unsaturated/α-hetero) is 1. The van der Waals surface area contributed by atoms with Gasteiger partial charge in [0.05, 0.1) is 11.6 Å². The van der Waals surface area contributed by atoms with Gasteiger partial charge in [0.15, 0.2) is 11.7 Å². The molecule has 45 heavy (non-hydrogen) atoms. The van der Waals surface area contributed by atoms with Gasteiger partial charge in [0.2, 0.25) is 5.91 Å².